The molecule has 3 rings (SSSR count). The average molecular weight is 431 g/mol. The van der Waals surface area contributed by atoms with Gasteiger partial charge in [0, 0.05) is 0 Å². The number of rotatable bonds is 9. The van der Waals surface area contributed by atoms with Crippen molar-refractivity contribution in [1.29, 1.82) is 0 Å². The van der Waals surface area contributed by atoms with Gasteiger partial charge in [-0.25, -0.2) is 0 Å². The van der Waals surface area contributed by atoms with Crippen LogP contribution >= 0.6 is 0 Å². The molecule has 0 heterocycles. The SMILES string of the molecule is C=C(C)C[C@@H](C)c1ccc(C(CC(C)C)C2CCCCC2)c(Cc2ccc(C)c(C)c2)c1. The Hall–Kier alpha value is -1.82. The summed E-state index contributed by atoms with van der Waals surface area (Å²) in [5.41, 5.74) is 10.2. The Morgan fingerprint density at radius 1 is 0.938 bits per heavy atom. The highest BCUT2D eigenvalue weighted by Crippen LogP contribution is 2.42. The first-order chi connectivity index (χ1) is 15.2. The number of benzene rings is 2. The number of hydrogen-bond donors (Lipinski definition) is 0. The molecular weight excluding hydrogens is 384 g/mol. The number of hydrogen-bond acceptors (Lipinski definition) is 0. The van der Waals surface area contributed by atoms with E-state index in [0.29, 0.717) is 11.8 Å². The molecule has 0 saturated heterocycles. The van der Waals surface area contributed by atoms with Gasteiger partial charge < -0.3 is 0 Å². The molecule has 32 heavy (non-hydrogen) atoms. The second kappa shape index (κ2) is 11.4. The molecule has 0 amide bonds. The number of allylic oxidation sites excluding steroid dienone is 1. The zero-order valence-corrected chi connectivity index (χ0v) is 21.6. The third kappa shape index (κ3) is 6.60. The Labute approximate surface area is 198 Å². The second-order valence-corrected chi connectivity index (χ2v) is 11.3. The lowest BCUT2D eigenvalue weighted by atomic mass is 9.71. The zero-order chi connectivity index (χ0) is 23.3. The van der Waals surface area contributed by atoms with Gasteiger partial charge in [-0.05, 0) is 110 Å². The van der Waals surface area contributed by atoms with Crippen molar-refractivity contribution >= 4 is 0 Å². The molecule has 0 radical (unpaired) electrons. The van der Waals surface area contributed by atoms with Crippen molar-refractivity contribution < 1.29 is 0 Å². The molecule has 2 aromatic carbocycles. The quantitative estimate of drug-likeness (QED) is 0.347. The van der Waals surface area contributed by atoms with Crippen LogP contribution in [0.4, 0.5) is 0 Å². The molecule has 0 aliphatic heterocycles. The van der Waals surface area contributed by atoms with E-state index in [9.17, 15) is 0 Å². The summed E-state index contributed by atoms with van der Waals surface area (Å²) < 4.78 is 0. The van der Waals surface area contributed by atoms with Crippen LogP contribution in [0.25, 0.3) is 0 Å². The molecule has 1 aliphatic carbocycles. The Balaban J connectivity index is 2.03. The van der Waals surface area contributed by atoms with Gasteiger partial charge in [0.25, 0.3) is 0 Å². The summed E-state index contributed by atoms with van der Waals surface area (Å²) in [5.74, 6) is 2.81. The molecule has 1 saturated carbocycles. The van der Waals surface area contributed by atoms with Gasteiger partial charge in [0.1, 0.15) is 0 Å². The minimum Gasteiger partial charge on any atom is -0.100 e. The number of aryl methyl sites for hydroxylation is 2. The molecule has 2 atom stereocenters. The summed E-state index contributed by atoms with van der Waals surface area (Å²) in [6, 6.07) is 14.5. The fourth-order valence-electron chi connectivity index (χ4n) is 5.84. The molecular formula is C32H46. The summed E-state index contributed by atoms with van der Waals surface area (Å²) in [4.78, 5) is 0. The van der Waals surface area contributed by atoms with Crippen LogP contribution in [0.5, 0.6) is 0 Å². The van der Waals surface area contributed by atoms with Crippen LogP contribution < -0.4 is 0 Å². The highest BCUT2D eigenvalue weighted by molar-refractivity contribution is 5.41. The topological polar surface area (TPSA) is 0 Å². The second-order valence-electron chi connectivity index (χ2n) is 11.3. The van der Waals surface area contributed by atoms with Crippen molar-refractivity contribution in [2.24, 2.45) is 11.8 Å². The van der Waals surface area contributed by atoms with Gasteiger partial charge in [0.15, 0.2) is 0 Å². The Morgan fingerprint density at radius 2 is 1.66 bits per heavy atom. The molecule has 1 aliphatic rings. The van der Waals surface area contributed by atoms with Gasteiger partial charge in [-0.3, -0.25) is 0 Å². The summed E-state index contributed by atoms with van der Waals surface area (Å²) in [6.07, 6.45) is 10.5. The molecule has 0 N–H and O–H groups in total. The van der Waals surface area contributed by atoms with Crippen LogP contribution in [0.15, 0.2) is 48.6 Å². The monoisotopic (exact) mass is 430 g/mol. The summed E-state index contributed by atoms with van der Waals surface area (Å²) in [6.45, 7) is 18.0. The van der Waals surface area contributed by atoms with Crippen LogP contribution in [-0.2, 0) is 6.42 Å². The van der Waals surface area contributed by atoms with E-state index >= 15 is 0 Å². The van der Waals surface area contributed by atoms with E-state index in [1.165, 1.54) is 66.4 Å². The lowest BCUT2D eigenvalue weighted by Crippen LogP contribution is -2.20. The van der Waals surface area contributed by atoms with E-state index in [4.69, 9.17) is 0 Å². The van der Waals surface area contributed by atoms with Gasteiger partial charge >= 0.3 is 0 Å². The molecule has 0 nitrogen and oxygen atoms in total. The smallest absolute Gasteiger partial charge is 0.00227 e. The molecule has 2 aromatic rings. The normalized spacial score (nSPS) is 16.8. The zero-order valence-electron chi connectivity index (χ0n) is 21.6. The van der Waals surface area contributed by atoms with Gasteiger partial charge in [0.2, 0.25) is 0 Å². The van der Waals surface area contributed by atoms with Crippen molar-refractivity contribution in [2.45, 2.75) is 105 Å². The van der Waals surface area contributed by atoms with Crippen molar-refractivity contribution in [3.05, 3.63) is 81.9 Å². The molecule has 1 unspecified atom stereocenters. The predicted octanol–water partition coefficient (Wildman–Crippen LogP) is 9.67. The van der Waals surface area contributed by atoms with Crippen molar-refractivity contribution in [1.82, 2.24) is 0 Å². The third-order valence-corrected chi connectivity index (χ3v) is 7.70. The fourth-order valence-corrected chi connectivity index (χ4v) is 5.84. The standard InChI is InChI=1S/C32H46/c1-22(2)17-26(7)29-15-16-31(32(18-23(3)4)28-11-9-8-10-12-28)30(21-29)20-27-14-13-24(5)25(6)19-27/h13-16,19,21,23,26,28,32H,1,8-12,17-18,20H2,2-7H3/t26-,32?/m1/s1. The predicted molar refractivity (Wildman–Crippen MR) is 142 cm³/mol. The van der Waals surface area contributed by atoms with Crippen LogP contribution in [0.3, 0.4) is 0 Å². The lowest BCUT2D eigenvalue weighted by Gasteiger charge is -2.33. The highest BCUT2D eigenvalue weighted by Gasteiger charge is 2.28. The van der Waals surface area contributed by atoms with Gasteiger partial charge in [0.05, 0.1) is 0 Å². The Kier molecular flexibility index (Phi) is 8.80. The first-order valence-electron chi connectivity index (χ1n) is 13.1. The summed E-state index contributed by atoms with van der Waals surface area (Å²) in [5, 5.41) is 0. The Morgan fingerprint density at radius 3 is 2.28 bits per heavy atom. The van der Waals surface area contributed by atoms with Crippen molar-refractivity contribution in [3.63, 3.8) is 0 Å². The van der Waals surface area contributed by atoms with Crippen molar-refractivity contribution in [2.75, 3.05) is 0 Å². The van der Waals surface area contributed by atoms with Gasteiger partial charge in [-0.2, -0.15) is 0 Å². The van der Waals surface area contributed by atoms with Gasteiger partial charge in [-0.15, -0.1) is 6.58 Å². The summed E-state index contributed by atoms with van der Waals surface area (Å²) in [7, 11) is 0. The summed E-state index contributed by atoms with van der Waals surface area (Å²) >= 11 is 0. The van der Waals surface area contributed by atoms with Gasteiger partial charge in [-0.1, -0.05) is 82.0 Å². The molecule has 0 heteroatoms. The largest absolute Gasteiger partial charge is 0.100 e. The molecule has 0 spiro atoms. The van der Waals surface area contributed by atoms with E-state index in [0.717, 1.165) is 24.7 Å². The highest BCUT2D eigenvalue weighted by atomic mass is 14.3. The first-order valence-corrected chi connectivity index (χ1v) is 13.1. The first kappa shape index (κ1) is 24.8. The van der Waals surface area contributed by atoms with Crippen molar-refractivity contribution in [3.8, 4) is 0 Å². The molecule has 1 fully saturated rings. The van der Waals surface area contributed by atoms with Crippen LogP contribution in [0, 0.1) is 25.7 Å². The van der Waals surface area contributed by atoms with Crippen LogP contribution in [0.2, 0.25) is 0 Å². The lowest BCUT2D eigenvalue weighted by molar-refractivity contribution is 0.276. The maximum Gasteiger partial charge on any atom is -0.00227 e. The Bertz CT molecular complexity index is 894. The van der Waals surface area contributed by atoms with E-state index in [-0.39, 0.29) is 0 Å². The van der Waals surface area contributed by atoms with Crippen LogP contribution in [0.1, 0.15) is 118 Å². The maximum absolute atomic E-state index is 4.17. The van der Waals surface area contributed by atoms with E-state index in [2.05, 4.69) is 84.5 Å². The molecule has 0 bridgehead atoms. The molecule has 174 valence electrons. The molecule has 0 aromatic heterocycles. The van der Waals surface area contributed by atoms with E-state index < -0.39 is 0 Å². The average Bonchev–Trinajstić information content (AvgIpc) is 2.75. The van der Waals surface area contributed by atoms with E-state index in [1.807, 2.05) is 0 Å². The minimum atomic E-state index is 0.526. The van der Waals surface area contributed by atoms with E-state index in [1.54, 1.807) is 11.1 Å². The van der Waals surface area contributed by atoms with Crippen LogP contribution in [-0.4, -0.2) is 0 Å². The third-order valence-electron chi connectivity index (χ3n) is 7.70. The fraction of sp³-hybridized carbons (Fsp3) is 0.562. The minimum absolute atomic E-state index is 0.526. The maximum atomic E-state index is 4.17.